The molecule has 0 bridgehead atoms. The van der Waals surface area contributed by atoms with E-state index in [9.17, 15) is 51.6 Å². The lowest BCUT2D eigenvalue weighted by Crippen LogP contribution is -2.41. The highest BCUT2D eigenvalue weighted by Gasteiger charge is 2.53. The Morgan fingerprint density at radius 2 is 1.17 bits per heavy atom. The molecule has 0 spiro atoms. The van der Waals surface area contributed by atoms with E-state index < -0.39 is 57.9 Å². The maximum Gasteiger partial charge on any atom is 0.469 e. The first-order valence-corrected chi connectivity index (χ1v) is 9.88. The van der Waals surface area contributed by atoms with E-state index in [1.807, 2.05) is 0 Å². The van der Waals surface area contributed by atoms with E-state index in [4.69, 9.17) is 0 Å². The van der Waals surface area contributed by atoms with Gasteiger partial charge < -0.3 is 0 Å². The first kappa shape index (κ1) is 22.4. The van der Waals surface area contributed by atoms with Gasteiger partial charge in [0.25, 0.3) is 10.1 Å². The maximum absolute atomic E-state index is 12.4. The second-order valence-electron chi connectivity index (χ2n) is 4.09. The Kier molecular flexibility index (Phi) is 6.19. The van der Waals surface area contributed by atoms with Crippen LogP contribution in [0.2, 0.25) is 0 Å². The largest absolute Gasteiger partial charge is 0.469 e. The van der Waals surface area contributed by atoms with Crippen LogP contribution in [0.25, 0.3) is 0 Å². The standard InChI is InChI=1S/C7H9F6O7S3/c1-4(20-21(2,14)15)3-5(22(16,17)6(8,9)10)23(18,19)7(11,12)13/h4H,3H2,1-2H3/q-1. The first-order chi connectivity index (χ1) is 9.73. The molecular weight excluding hydrogens is 406 g/mol. The average molecular weight is 415 g/mol. The van der Waals surface area contributed by atoms with Gasteiger partial charge in [0.2, 0.25) is 0 Å². The van der Waals surface area contributed by atoms with Gasteiger partial charge in [0.15, 0.2) is 0 Å². The molecule has 1 unspecified atom stereocenters. The predicted octanol–water partition coefficient (Wildman–Crippen LogP) is 1.10. The number of alkyl halides is 6. The van der Waals surface area contributed by atoms with Crippen LogP contribution in [-0.4, -0.2) is 48.6 Å². The van der Waals surface area contributed by atoms with Crippen molar-refractivity contribution >= 4 is 29.8 Å². The molecule has 0 rings (SSSR count). The Hall–Kier alpha value is -0.610. The van der Waals surface area contributed by atoms with Gasteiger partial charge in [-0.2, -0.15) is 34.8 Å². The van der Waals surface area contributed by atoms with Crippen LogP contribution in [0, 0.1) is 4.58 Å². The van der Waals surface area contributed by atoms with Gasteiger partial charge in [-0.25, -0.2) is 0 Å². The lowest BCUT2D eigenvalue weighted by Gasteiger charge is -2.33. The Morgan fingerprint density at radius 3 is 1.39 bits per heavy atom. The summed E-state index contributed by atoms with van der Waals surface area (Å²) < 4.78 is 141. The van der Waals surface area contributed by atoms with Crippen LogP contribution in [-0.2, 0) is 34.0 Å². The van der Waals surface area contributed by atoms with Gasteiger partial charge in [-0.05, 0) is 6.92 Å². The molecular formula is C7H9F6O7S3-. The third-order valence-corrected chi connectivity index (χ3v) is 6.75. The Labute approximate surface area is 127 Å². The smallest absolute Gasteiger partial charge is 0.270 e. The normalized spacial score (nSPS) is 16.6. The summed E-state index contributed by atoms with van der Waals surface area (Å²) in [6.45, 7) is 0.582. The summed E-state index contributed by atoms with van der Waals surface area (Å²) in [5.74, 6) is 0. The predicted molar refractivity (Wildman–Crippen MR) is 63.2 cm³/mol. The van der Waals surface area contributed by atoms with Crippen molar-refractivity contribution in [3.8, 4) is 0 Å². The molecule has 0 aromatic rings. The Bertz CT molecular complexity index is 686. The van der Waals surface area contributed by atoms with Crippen molar-refractivity contribution in [3.05, 3.63) is 4.58 Å². The Morgan fingerprint density at radius 1 is 0.870 bits per heavy atom. The lowest BCUT2D eigenvalue weighted by molar-refractivity contribution is -0.0457. The molecule has 0 aliphatic carbocycles. The topological polar surface area (TPSA) is 112 Å². The van der Waals surface area contributed by atoms with Crippen molar-refractivity contribution in [1.29, 1.82) is 0 Å². The van der Waals surface area contributed by atoms with E-state index in [1.165, 1.54) is 0 Å². The molecule has 16 heteroatoms. The zero-order valence-corrected chi connectivity index (χ0v) is 13.6. The van der Waals surface area contributed by atoms with Gasteiger partial charge in [-0.15, -0.1) is 6.42 Å². The van der Waals surface area contributed by atoms with Crippen LogP contribution in [0.3, 0.4) is 0 Å². The van der Waals surface area contributed by atoms with Crippen LogP contribution in [0.15, 0.2) is 0 Å². The van der Waals surface area contributed by atoms with Gasteiger partial charge in [-0.3, -0.25) is 21.0 Å². The van der Waals surface area contributed by atoms with E-state index in [2.05, 4.69) is 4.18 Å². The molecule has 1 atom stereocenters. The lowest BCUT2D eigenvalue weighted by atomic mass is 10.3. The summed E-state index contributed by atoms with van der Waals surface area (Å²) in [5, 5.41) is 0. The molecule has 0 saturated heterocycles. The molecule has 0 heterocycles. The number of sulfone groups is 2. The molecule has 0 radical (unpaired) electrons. The fourth-order valence-corrected chi connectivity index (χ4v) is 5.00. The molecule has 0 N–H and O–H groups in total. The summed E-state index contributed by atoms with van der Waals surface area (Å²) >= 11 is 0. The minimum absolute atomic E-state index is 0.375. The molecule has 0 aliphatic rings. The van der Waals surface area contributed by atoms with E-state index in [1.54, 1.807) is 0 Å². The molecule has 7 nitrogen and oxygen atoms in total. The van der Waals surface area contributed by atoms with Crippen LogP contribution in [0.5, 0.6) is 0 Å². The van der Waals surface area contributed by atoms with Crippen molar-refractivity contribution in [2.45, 2.75) is 30.5 Å². The van der Waals surface area contributed by atoms with E-state index in [0.29, 0.717) is 13.2 Å². The van der Waals surface area contributed by atoms with E-state index >= 15 is 0 Å². The van der Waals surface area contributed by atoms with Gasteiger partial charge in [0.1, 0.15) is 19.7 Å². The van der Waals surface area contributed by atoms with Crippen molar-refractivity contribution in [3.63, 3.8) is 0 Å². The van der Waals surface area contributed by atoms with Gasteiger partial charge in [0.05, 0.1) is 6.26 Å². The minimum Gasteiger partial charge on any atom is -0.270 e. The molecule has 0 amide bonds. The zero-order valence-electron chi connectivity index (χ0n) is 11.1. The summed E-state index contributed by atoms with van der Waals surface area (Å²) in [5.41, 5.74) is -12.7. The summed E-state index contributed by atoms with van der Waals surface area (Å²) in [6.07, 6.45) is -3.72. The number of hydrogen-bond acceptors (Lipinski definition) is 7. The van der Waals surface area contributed by atoms with E-state index in [0.717, 1.165) is 0 Å². The van der Waals surface area contributed by atoms with Crippen LogP contribution >= 0.6 is 0 Å². The molecule has 0 aliphatic heterocycles. The van der Waals surface area contributed by atoms with Crippen molar-refractivity contribution in [2.24, 2.45) is 0 Å². The monoisotopic (exact) mass is 415 g/mol. The fourth-order valence-electron chi connectivity index (χ4n) is 1.19. The molecule has 140 valence electrons. The van der Waals surface area contributed by atoms with Crippen LogP contribution in [0.4, 0.5) is 26.3 Å². The van der Waals surface area contributed by atoms with E-state index in [-0.39, 0.29) is 0 Å². The summed E-state index contributed by atoms with van der Waals surface area (Å²) in [7, 11) is -18.2. The summed E-state index contributed by atoms with van der Waals surface area (Å²) in [4.78, 5) is 0. The highest BCUT2D eigenvalue weighted by Crippen LogP contribution is 2.43. The first-order valence-electron chi connectivity index (χ1n) is 5.10. The highest BCUT2D eigenvalue weighted by atomic mass is 32.3. The van der Waals surface area contributed by atoms with Crippen LogP contribution < -0.4 is 0 Å². The number of halogens is 6. The minimum atomic E-state index is -6.90. The SMILES string of the molecule is CC(C[C-](S(=O)(=O)C(F)(F)F)S(=O)(=O)C(F)(F)F)OS(C)(=O)=O. The number of hydrogen-bond donors (Lipinski definition) is 0. The van der Waals surface area contributed by atoms with Crippen LogP contribution in [0.1, 0.15) is 13.3 Å². The van der Waals surface area contributed by atoms with Gasteiger partial charge in [-0.1, -0.05) is 4.58 Å². The quantitative estimate of drug-likeness (QED) is 0.363. The molecule has 0 aromatic carbocycles. The Balaban J connectivity index is 6.09. The second-order valence-corrected chi connectivity index (χ2v) is 9.87. The van der Waals surface area contributed by atoms with Gasteiger partial charge >= 0.3 is 11.0 Å². The molecule has 0 fully saturated rings. The zero-order chi connectivity index (χ0) is 19.1. The maximum atomic E-state index is 12.4. The number of rotatable bonds is 6. The fraction of sp³-hybridized carbons (Fsp3) is 0.857. The van der Waals surface area contributed by atoms with Crippen molar-refractivity contribution < 1.29 is 55.8 Å². The summed E-state index contributed by atoms with van der Waals surface area (Å²) in [6, 6.07) is 0. The van der Waals surface area contributed by atoms with Crippen molar-refractivity contribution in [2.75, 3.05) is 6.26 Å². The molecule has 23 heavy (non-hydrogen) atoms. The third-order valence-electron chi connectivity index (χ3n) is 2.00. The van der Waals surface area contributed by atoms with Gasteiger partial charge in [0, 0.05) is 6.10 Å². The molecule has 0 aromatic heterocycles. The average Bonchev–Trinajstić information content (AvgIpc) is 2.19. The second kappa shape index (κ2) is 6.36. The highest BCUT2D eigenvalue weighted by molar-refractivity contribution is 8.13. The molecule has 0 saturated carbocycles. The third kappa shape index (κ3) is 5.46. The van der Waals surface area contributed by atoms with Crippen molar-refractivity contribution in [1.82, 2.24) is 0 Å².